The van der Waals surface area contributed by atoms with Crippen LogP contribution in [0.4, 0.5) is 0 Å². The Morgan fingerprint density at radius 1 is 1.35 bits per heavy atom. The first-order valence-corrected chi connectivity index (χ1v) is 8.76. The third-order valence-corrected chi connectivity index (χ3v) is 4.11. The molecule has 1 heterocycles. The van der Waals surface area contributed by atoms with Crippen molar-refractivity contribution in [3.05, 3.63) is 11.7 Å². The Morgan fingerprint density at radius 3 is 2.74 bits per heavy atom. The summed E-state index contributed by atoms with van der Waals surface area (Å²) in [6.45, 7) is 11.8. The number of guanidine groups is 1. The number of aromatic nitrogens is 2. The second kappa shape index (κ2) is 7.79. The van der Waals surface area contributed by atoms with Gasteiger partial charge in [0.1, 0.15) is 6.54 Å². The molecule has 0 aliphatic heterocycles. The van der Waals surface area contributed by atoms with Crippen LogP contribution in [0.15, 0.2) is 9.52 Å². The van der Waals surface area contributed by atoms with Crippen molar-refractivity contribution in [2.45, 2.75) is 78.3 Å². The molecule has 0 radical (unpaired) electrons. The van der Waals surface area contributed by atoms with E-state index in [-0.39, 0.29) is 5.41 Å². The number of nitrogens with one attached hydrogen (secondary N) is 2. The van der Waals surface area contributed by atoms with E-state index < -0.39 is 0 Å². The molecule has 0 spiro atoms. The Hall–Kier alpha value is -1.59. The lowest BCUT2D eigenvalue weighted by Crippen LogP contribution is -2.45. The summed E-state index contributed by atoms with van der Waals surface area (Å²) in [7, 11) is 0. The molecular formula is C17H31N5O. The number of nitrogens with zero attached hydrogens (tertiary/aromatic N) is 3. The maximum Gasteiger partial charge on any atom is 0.232 e. The van der Waals surface area contributed by atoms with Crippen molar-refractivity contribution in [3.8, 4) is 0 Å². The van der Waals surface area contributed by atoms with Gasteiger partial charge in [-0.3, -0.25) is 0 Å². The quantitative estimate of drug-likeness (QED) is 0.658. The molecule has 6 heteroatoms. The maximum atomic E-state index is 5.31. The van der Waals surface area contributed by atoms with E-state index in [0.717, 1.165) is 18.4 Å². The molecule has 1 saturated carbocycles. The summed E-state index contributed by atoms with van der Waals surface area (Å²) in [6.07, 6.45) is 5.05. The molecule has 1 aromatic rings. The maximum absolute atomic E-state index is 5.31. The molecule has 6 nitrogen and oxygen atoms in total. The van der Waals surface area contributed by atoms with Crippen LogP contribution in [0.1, 0.15) is 72.0 Å². The van der Waals surface area contributed by atoms with Crippen molar-refractivity contribution in [1.82, 2.24) is 20.8 Å². The molecule has 130 valence electrons. The lowest BCUT2D eigenvalue weighted by molar-refractivity contribution is 0.318. The third kappa shape index (κ3) is 5.52. The highest BCUT2D eigenvalue weighted by atomic mass is 16.5. The highest BCUT2D eigenvalue weighted by Gasteiger charge is 2.22. The van der Waals surface area contributed by atoms with Crippen LogP contribution in [0.25, 0.3) is 0 Å². The van der Waals surface area contributed by atoms with Crippen LogP contribution in [0.5, 0.6) is 0 Å². The SMILES string of the molecule is CCNC(=NCc1noc(C(C)(C)C)n1)NC1CCCC(C)C1. The van der Waals surface area contributed by atoms with Crippen LogP contribution in [-0.4, -0.2) is 28.7 Å². The second-order valence-corrected chi connectivity index (χ2v) is 7.57. The number of hydrogen-bond acceptors (Lipinski definition) is 4. The van der Waals surface area contributed by atoms with E-state index in [0.29, 0.717) is 24.3 Å². The third-order valence-electron chi connectivity index (χ3n) is 4.11. The molecule has 0 bridgehead atoms. The van der Waals surface area contributed by atoms with Gasteiger partial charge in [-0.1, -0.05) is 45.7 Å². The Morgan fingerprint density at radius 2 is 2.13 bits per heavy atom. The fraction of sp³-hybridized carbons (Fsp3) is 0.824. The molecule has 1 fully saturated rings. The van der Waals surface area contributed by atoms with Crippen LogP contribution in [0.3, 0.4) is 0 Å². The van der Waals surface area contributed by atoms with Crippen molar-refractivity contribution < 1.29 is 4.52 Å². The Labute approximate surface area is 139 Å². The lowest BCUT2D eigenvalue weighted by atomic mass is 9.87. The van der Waals surface area contributed by atoms with Crippen LogP contribution in [0.2, 0.25) is 0 Å². The van der Waals surface area contributed by atoms with Gasteiger partial charge in [-0.15, -0.1) is 0 Å². The average Bonchev–Trinajstić information content (AvgIpc) is 2.94. The van der Waals surface area contributed by atoms with E-state index in [9.17, 15) is 0 Å². The van der Waals surface area contributed by atoms with Crippen LogP contribution >= 0.6 is 0 Å². The van der Waals surface area contributed by atoms with Crippen LogP contribution < -0.4 is 10.6 Å². The first-order valence-electron chi connectivity index (χ1n) is 8.76. The summed E-state index contributed by atoms with van der Waals surface area (Å²) in [5, 5.41) is 10.9. The van der Waals surface area contributed by atoms with Gasteiger partial charge >= 0.3 is 0 Å². The van der Waals surface area contributed by atoms with E-state index in [1.54, 1.807) is 0 Å². The lowest BCUT2D eigenvalue weighted by Gasteiger charge is -2.28. The summed E-state index contributed by atoms with van der Waals surface area (Å²) in [6, 6.07) is 0.506. The van der Waals surface area contributed by atoms with E-state index in [4.69, 9.17) is 4.52 Å². The normalized spacial score (nSPS) is 22.9. The van der Waals surface area contributed by atoms with E-state index >= 15 is 0 Å². The molecule has 1 aliphatic carbocycles. The monoisotopic (exact) mass is 321 g/mol. The Balaban J connectivity index is 1.96. The predicted octanol–water partition coefficient (Wildman–Crippen LogP) is 3.00. The summed E-state index contributed by atoms with van der Waals surface area (Å²) < 4.78 is 5.31. The van der Waals surface area contributed by atoms with Gasteiger partial charge < -0.3 is 15.2 Å². The minimum absolute atomic E-state index is 0.129. The first-order chi connectivity index (χ1) is 10.9. The molecule has 2 N–H and O–H groups in total. The Kier molecular flexibility index (Phi) is 6.02. The zero-order valence-electron chi connectivity index (χ0n) is 15.1. The molecule has 0 amide bonds. The smallest absolute Gasteiger partial charge is 0.232 e. The van der Waals surface area contributed by atoms with E-state index in [1.165, 1.54) is 25.7 Å². The van der Waals surface area contributed by atoms with Crippen molar-refractivity contribution in [3.63, 3.8) is 0 Å². The molecule has 1 aromatic heterocycles. The van der Waals surface area contributed by atoms with Crippen molar-refractivity contribution in [2.75, 3.05) is 6.54 Å². The van der Waals surface area contributed by atoms with Crippen molar-refractivity contribution >= 4 is 5.96 Å². The van der Waals surface area contributed by atoms with Crippen molar-refractivity contribution in [1.29, 1.82) is 0 Å². The summed E-state index contributed by atoms with van der Waals surface area (Å²) in [5.74, 6) is 2.91. The summed E-state index contributed by atoms with van der Waals surface area (Å²) >= 11 is 0. The molecular weight excluding hydrogens is 290 g/mol. The molecule has 0 aromatic carbocycles. The molecule has 1 aliphatic rings. The largest absolute Gasteiger partial charge is 0.357 e. The molecule has 2 unspecified atom stereocenters. The van der Waals surface area contributed by atoms with Gasteiger partial charge in [-0.25, -0.2) is 4.99 Å². The van der Waals surface area contributed by atoms with Gasteiger partial charge in [-0.05, 0) is 25.7 Å². The van der Waals surface area contributed by atoms with Gasteiger partial charge in [0.2, 0.25) is 5.89 Å². The molecule has 23 heavy (non-hydrogen) atoms. The van der Waals surface area contributed by atoms with Gasteiger partial charge in [0, 0.05) is 18.0 Å². The van der Waals surface area contributed by atoms with Gasteiger partial charge in [0.25, 0.3) is 0 Å². The van der Waals surface area contributed by atoms with E-state index in [1.807, 2.05) is 0 Å². The second-order valence-electron chi connectivity index (χ2n) is 7.57. The zero-order chi connectivity index (χ0) is 16.9. The fourth-order valence-electron chi connectivity index (χ4n) is 2.85. The van der Waals surface area contributed by atoms with Gasteiger partial charge in [0.05, 0.1) is 0 Å². The minimum Gasteiger partial charge on any atom is -0.357 e. The van der Waals surface area contributed by atoms with Crippen molar-refractivity contribution in [2.24, 2.45) is 10.9 Å². The van der Waals surface area contributed by atoms with Crippen LogP contribution in [0, 0.1) is 5.92 Å². The minimum atomic E-state index is -0.129. The number of hydrogen-bond donors (Lipinski definition) is 2. The fourth-order valence-corrected chi connectivity index (χ4v) is 2.85. The Bertz CT molecular complexity index is 517. The number of aliphatic imine (C=N–C) groups is 1. The average molecular weight is 321 g/mol. The molecule has 2 atom stereocenters. The van der Waals surface area contributed by atoms with Gasteiger partial charge in [0.15, 0.2) is 11.8 Å². The highest BCUT2D eigenvalue weighted by molar-refractivity contribution is 5.80. The highest BCUT2D eigenvalue weighted by Crippen LogP contribution is 2.23. The standard InChI is InChI=1S/C17H31N5O/c1-6-18-16(20-13-9-7-8-12(2)10-13)19-11-14-21-15(23-22-14)17(3,4)5/h12-13H,6-11H2,1-5H3,(H2,18,19,20). The van der Waals surface area contributed by atoms with Gasteiger partial charge in [-0.2, -0.15) is 4.98 Å². The van der Waals surface area contributed by atoms with E-state index in [2.05, 4.69) is 60.4 Å². The topological polar surface area (TPSA) is 75.3 Å². The summed E-state index contributed by atoms with van der Waals surface area (Å²) in [4.78, 5) is 9.04. The van der Waals surface area contributed by atoms with Crippen LogP contribution in [-0.2, 0) is 12.0 Å². The first kappa shape index (κ1) is 17.8. The zero-order valence-corrected chi connectivity index (χ0v) is 15.1. The molecule has 0 saturated heterocycles. The summed E-state index contributed by atoms with van der Waals surface area (Å²) in [5.41, 5.74) is -0.129. The number of rotatable bonds is 4. The predicted molar refractivity (Wildman–Crippen MR) is 92.4 cm³/mol. The molecule has 2 rings (SSSR count).